The van der Waals surface area contributed by atoms with Crippen LogP contribution in [0, 0.1) is 19.9 Å². The third-order valence-electron chi connectivity index (χ3n) is 1.45. The highest BCUT2D eigenvalue weighted by Crippen LogP contribution is 2.03. The quantitative estimate of drug-likeness (QED) is 0.573. The van der Waals surface area contributed by atoms with Gasteiger partial charge in [0.1, 0.15) is 0 Å². The molecule has 0 fully saturated rings. The molecule has 1 rings (SSSR count). The third-order valence-corrected chi connectivity index (χ3v) is 1.45. The van der Waals surface area contributed by atoms with Crippen LogP contribution in [0.4, 0.5) is 0 Å². The van der Waals surface area contributed by atoms with Crippen LogP contribution in [0.1, 0.15) is 23.9 Å². The van der Waals surface area contributed by atoms with Gasteiger partial charge in [-0.1, -0.05) is 6.92 Å². The molecule has 0 saturated carbocycles. The zero-order valence-corrected chi connectivity index (χ0v) is 6.73. The van der Waals surface area contributed by atoms with E-state index < -0.39 is 0 Å². The molecule has 0 atom stereocenters. The summed E-state index contributed by atoms with van der Waals surface area (Å²) < 4.78 is 0. The Kier molecular flexibility index (Phi) is 2.05. The molecule has 1 heterocycles. The molecule has 53 valence electrons. The molecule has 0 bridgehead atoms. The van der Waals surface area contributed by atoms with Gasteiger partial charge in [-0.2, -0.15) is 0 Å². The second-order valence-electron chi connectivity index (χ2n) is 2.49. The van der Waals surface area contributed by atoms with Crippen molar-refractivity contribution in [2.45, 2.75) is 27.2 Å². The number of nitrogens with zero attached hydrogens (tertiary/aromatic N) is 1. The summed E-state index contributed by atoms with van der Waals surface area (Å²) in [6.45, 7) is 6.12. The van der Waals surface area contributed by atoms with E-state index in [0.717, 1.165) is 17.8 Å². The summed E-state index contributed by atoms with van der Waals surface area (Å²) in [5, 5.41) is 0. The first-order chi connectivity index (χ1) is 4.72. The van der Waals surface area contributed by atoms with E-state index in [-0.39, 0.29) is 0 Å². The van der Waals surface area contributed by atoms with E-state index in [9.17, 15) is 0 Å². The van der Waals surface area contributed by atoms with Crippen molar-refractivity contribution in [3.63, 3.8) is 0 Å². The summed E-state index contributed by atoms with van der Waals surface area (Å²) in [7, 11) is 0. The minimum Gasteiger partial charge on any atom is -0.258 e. The number of rotatable bonds is 1. The van der Waals surface area contributed by atoms with Crippen LogP contribution in [-0.4, -0.2) is 4.98 Å². The van der Waals surface area contributed by atoms with E-state index in [1.807, 2.05) is 13.8 Å². The van der Waals surface area contributed by atoms with Crippen LogP contribution in [0.5, 0.6) is 0 Å². The lowest BCUT2D eigenvalue weighted by atomic mass is 10.1. The van der Waals surface area contributed by atoms with Crippen LogP contribution in [0.15, 0.2) is 6.07 Å². The molecular formula is C9H12N. The van der Waals surface area contributed by atoms with Crippen molar-refractivity contribution in [1.29, 1.82) is 0 Å². The molecule has 1 aromatic rings. The Morgan fingerprint density at radius 2 is 2.20 bits per heavy atom. The van der Waals surface area contributed by atoms with Crippen LogP contribution in [0.2, 0.25) is 0 Å². The Bertz CT molecular complexity index is 208. The molecule has 0 aliphatic carbocycles. The van der Waals surface area contributed by atoms with E-state index in [0.29, 0.717) is 0 Å². The average Bonchev–Trinajstić information content (AvgIpc) is 1.85. The normalized spacial score (nSPS) is 9.90. The van der Waals surface area contributed by atoms with Crippen LogP contribution < -0.4 is 0 Å². The maximum absolute atomic E-state index is 4.23. The maximum Gasteiger partial charge on any atom is 0.0457 e. The lowest BCUT2D eigenvalue weighted by Crippen LogP contribution is -1.89. The van der Waals surface area contributed by atoms with Gasteiger partial charge in [-0.05, 0) is 31.9 Å². The minimum atomic E-state index is 0.997. The maximum atomic E-state index is 4.23. The van der Waals surface area contributed by atoms with Gasteiger partial charge >= 0.3 is 0 Å². The predicted octanol–water partition coefficient (Wildman–Crippen LogP) is 2.06. The number of pyridine rings is 1. The van der Waals surface area contributed by atoms with Crippen LogP contribution in [0.25, 0.3) is 0 Å². The van der Waals surface area contributed by atoms with E-state index in [4.69, 9.17) is 0 Å². The van der Waals surface area contributed by atoms with Crippen molar-refractivity contribution in [2.75, 3.05) is 0 Å². The predicted molar refractivity (Wildman–Crippen MR) is 41.9 cm³/mol. The van der Waals surface area contributed by atoms with Gasteiger partial charge in [0.25, 0.3) is 0 Å². The van der Waals surface area contributed by atoms with Gasteiger partial charge in [0, 0.05) is 17.5 Å². The molecule has 0 N–H and O–H groups in total. The Balaban J connectivity index is 3.06. The molecule has 0 aliphatic heterocycles. The Morgan fingerprint density at radius 1 is 1.50 bits per heavy atom. The Hall–Kier alpha value is -0.850. The molecule has 0 aromatic carbocycles. The molecule has 0 unspecified atom stereocenters. The molecule has 0 spiro atoms. The molecule has 1 aromatic heterocycles. The smallest absolute Gasteiger partial charge is 0.0457 e. The first-order valence-electron chi connectivity index (χ1n) is 3.59. The zero-order valence-electron chi connectivity index (χ0n) is 6.73. The Labute approximate surface area is 62.1 Å². The number of hydrogen-bond donors (Lipinski definition) is 0. The van der Waals surface area contributed by atoms with Crippen LogP contribution in [0.3, 0.4) is 0 Å². The summed E-state index contributed by atoms with van der Waals surface area (Å²) in [5.74, 6) is 0. The summed E-state index contributed by atoms with van der Waals surface area (Å²) in [4.78, 5) is 4.23. The van der Waals surface area contributed by atoms with Crippen LogP contribution in [-0.2, 0) is 6.42 Å². The van der Waals surface area contributed by atoms with Crippen molar-refractivity contribution in [2.24, 2.45) is 0 Å². The summed E-state index contributed by atoms with van der Waals surface area (Å²) >= 11 is 0. The average molecular weight is 134 g/mol. The first-order valence-corrected chi connectivity index (χ1v) is 3.59. The van der Waals surface area contributed by atoms with Gasteiger partial charge in [0.2, 0.25) is 0 Å². The highest BCUT2D eigenvalue weighted by molar-refractivity contribution is 5.18. The van der Waals surface area contributed by atoms with Crippen molar-refractivity contribution in [3.05, 3.63) is 29.1 Å². The first kappa shape index (κ1) is 7.26. The van der Waals surface area contributed by atoms with E-state index in [1.165, 1.54) is 5.56 Å². The second kappa shape index (κ2) is 2.82. The molecule has 1 nitrogen and oxygen atoms in total. The fourth-order valence-corrected chi connectivity index (χ4v) is 1.04. The van der Waals surface area contributed by atoms with Gasteiger partial charge in [-0.15, -0.1) is 0 Å². The molecule has 10 heavy (non-hydrogen) atoms. The lowest BCUT2D eigenvalue weighted by molar-refractivity contribution is 1.04. The van der Waals surface area contributed by atoms with Crippen molar-refractivity contribution < 1.29 is 0 Å². The van der Waals surface area contributed by atoms with Gasteiger partial charge in [-0.3, -0.25) is 4.98 Å². The zero-order chi connectivity index (χ0) is 7.56. The number of aromatic nitrogens is 1. The molecular weight excluding hydrogens is 122 g/mol. The monoisotopic (exact) mass is 134 g/mol. The van der Waals surface area contributed by atoms with E-state index >= 15 is 0 Å². The van der Waals surface area contributed by atoms with Crippen molar-refractivity contribution >= 4 is 0 Å². The minimum absolute atomic E-state index is 0.997. The summed E-state index contributed by atoms with van der Waals surface area (Å²) in [5.41, 5.74) is 3.34. The van der Waals surface area contributed by atoms with Crippen molar-refractivity contribution in [3.8, 4) is 0 Å². The molecule has 0 aliphatic rings. The molecule has 1 radical (unpaired) electrons. The van der Waals surface area contributed by atoms with Crippen LogP contribution >= 0.6 is 0 Å². The fraction of sp³-hybridized carbons (Fsp3) is 0.444. The van der Waals surface area contributed by atoms with E-state index in [2.05, 4.69) is 24.0 Å². The van der Waals surface area contributed by atoms with Gasteiger partial charge in [-0.25, -0.2) is 0 Å². The second-order valence-corrected chi connectivity index (χ2v) is 2.49. The fourth-order valence-electron chi connectivity index (χ4n) is 1.04. The molecule has 1 heteroatoms. The number of aryl methyl sites for hydroxylation is 3. The van der Waals surface area contributed by atoms with Gasteiger partial charge in [0.15, 0.2) is 0 Å². The van der Waals surface area contributed by atoms with Gasteiger partial charge < -0.3 is 0 Å². The standard InChI is InChI=1S/C9H12N/c1-4-9-5-7(2)10-8(3)6-9/h5H,4H2,1-3H3. The molecule has 0 amide bonds. The van der Waals surface area contributed by atoms with Gasteiger partial charge in [0.05, 0.1) is 0 Å². The largest absolute Gasteiger partial charge is 0.258 e. The Morgan fingerprint density at radius 3 is 2.70 bits per heavy atom. The topological polar surface area (TPSA) is 12.9 Å². The van der Waals surface area contributed by atoms with Crippen molar-refractivity contribution in [1.82, 2.24) is 4.98 Å². The lowest BCUT2D eigenvalue weighted by Gasteiger charge is -1.98. The number of hydrogen-bond acceptors (Lipinski definition) is 1. The third kappa shape index (κ3) is 1.56. The SMILES string of the molecule is CCc1[c]c(C)nc(C)c1. The highest BCUT2D eigenvalue weighted by Gasteiger charge is 1.93. The summed E-state index contributed by atoms with van der Waals surface area (Å²) in [6, 6.07) is 5.26. The molecule has 0 saturated heterocycles. The summed E-state index contributed by atoms with van der Waals surface area (Å²) in [6.07, 6.45) is 1.05. The van der Waals surface area contributed by atoms with E-state index in [1.54, 1.807) is 0 Å². The highest BCUT2D eigenvalue weighted by atomic mass is 14.7.